The van der Waals surface area contributed by atoms with Gasteiger partial charge in [-0.2, -0.15) is 0 Å². The van der Waals surface area contributed by atoms with Crippen LogP contribution in [0.2, 0.25) is 0 Å². The number of fused-ring (bicyclic) bond motifs is 5. The van der Waals surface area contributed by atoms with Gasteiger partial charge in [0, 0.05) is 31.3 Å². The molecule has 0 spiro atoms. The zero-order valence-corrected chi connectivity index (χ0v) is 22.3. The molecule has 0 aliphatic heterocycles. The van der Waals surface area contributed by atoms with Crippen LogP contribution < -0.4 is 4.90 Å². The molecule has 1 aromatic heterocycles. The first kappa shape index (κ1) is 22.3. The van der Waals surface area contributed by atoms with Crippen LogP contribution in [0.5, 0.6) is 0 Å². The van der Waals surface area contributed by atoms with E-state index in [4.69, 9.17) is 0 Å². The minimum Gasteiger partial charge on any atom is -0.309 e. The summed E-state index contributed by atoms with van der Waals surface area (Å²) < 4.78 is 3.71. The van der Waals surface area contributed by atoms with Crippen molar-refractivity contribution >= 4 is 75.3 Å². The van der Waals surface area contributed by atoms with E-state index in [-0.39, 0.29) is 0 Å². The third kappa shape index (κ3) is 3.92. The van der Waals surface area contributed by atoms with Crippen molar-refractivity contribution in [2.24, 2.45) is 0 Å². The summed E-state index contributed by atoms with van der Waals surface area (Å²) in [7, 11) is 0. The van der Waals surface area contributed by atoms with Crippen LogP contribution in [0, 0.1) is 0 Å². The minimum atomic E-state index is 1.09. The summed E-state index contributed by atoms with van der Waals surface area (Å²) in [6, 6.07) is 47.9. The Kier molecular flexibility index (Phi) is 5.53. The van der Waals surface area contributed by atoms with Crippen LogP contribution in [0.15, 0.2) is 138 Å². The second-order valence-corrected chi connectivity index (χ2v) is 11.1. The summed E-state index contributed by atoms with van der Waals surface area (Å²) in [6.07, 6.45) is 0. The van der Waals surface area contributed by atoms with E-state index in [1.54, 1.807) is 0 Å². The SMILES string of the molecule is Brc1ccc(-c2ccc(N(c3ccccc3)c3cc4ccccc4c4c3sc3ccccc34)cc2)cc1. The number of rotatable bonds is 4. The summed E-state index contributed by atoms with van der Waals surface area (Å²) >= 11 is 5.42. The molecule has 0 aliphatic carbocycles. The first-order chi connectivity index (χ1) is 18.3. The van der Waals surface area contributed by atoms with Gasteiger partial charge < -0.3 is 4.90 Å². The van der Waals surface area contributed by atoms with Crippen molar-refractivity contribution in [3.8, 4) is 11.1 Å². The van der Waals surface area contributed by atoms with Gasteiger partial charge in [-0.3, -0.25) is 0 Å². The van der Waals surface area contributed by atoms with Crippen molar-refractivity contribution < 1.29 is 0 Å². The highest BCUT2D eigenvalue weighted by atomic mass is 79.9. The first-order valence-electron chi connectivity index (χ1n) is 12.3. The van der Waals surface area contributed by atoms with Crippen molar-refractivity contribution in [3.63, 3.8) is 0 Å². The Hall–Kier alpha value is -3.92. The fraction of sp³-hybridized carbons (Fsp3) is 0. The van der Waals surface area contributed by atoms with E-state index >= 15 is 0 Å². The average Bonchev–Trinajstić information content (AvgIpc) is 3.35. The zero-order valence-electron chi connectivity index (χ0n) is 19.9. The highest BCUT2D eigenvalue weighted by Crippen LogP contribution is 2.47. The Morgan fingerprint density at radius 3 is 1.89 bits per heavy atom. The lowest BCUT2D eigenvalue weighted by molar-refractivity contribution is 1.30. The molecule has 0 amide bonds. The molecular weight excluding hydrogens is 534 g/mol. The maximum absolute atomic E-state index is 3.54. The van der Waals surface area contributed by atoms with Crippen LogP contribution in [-0.2, 0) is 0 Å². The first-order valence-corrected chi connectivity index (χ1v) is 13.9. The second-order valence-electron chi connectivity index (χ2n) is 9.14. The highest BCUT2D eigenvalue weighted by molar-refractivity contribution is 9.10. The van der Waals surface area contributed by atoms with E-state index in [9.17, 15) is 0 Å². The molecule has 0 bridgehead atoms. The van der Waals surface area contributed by atoms with Gasteiger partial charge in [0.15, 0.2) is 0 Å². The molecule has 176 valence electrons. The molecule has 1 nitrogen and oxygen atoms in total. The number of benzene rings is 6. The van der Waals surface area contributed by atoms with Gasteiger partial charge in [0.1, 0.15) is 0 Å². The monoisotopic (exact) mass is 555 g/mol. The normalized spacial score (nSPS) is 11.4. The van der Waals surface area contributed by atoms with Crippen molar-refractivity contribution in [1.29, 1.82) is 0 Å². The van der Waals surface area contributed by atoms with Gasteiger partial charge in [-0.15, -0.1) is 11.3 Å². The molecule has 0 saturated carbocycles. The molecule has 6 aromatic carbocycles. The van der Waals surface area contributed by atoms with Gasteiger partial charge >= 0.3 is 0 Å². The predicted octanol–water partition coefficient (Wildman–Crippen LogP) is 11.1. The standard InChI is InChI=1S/C34H22BrNS/c35-26-18-14-23(15-19-26)24-16-20-28(21-17-24)36(27-9-2-1-3-10-27)31-22-25-8-4-5-11-29(25)33-30-12-6-7-13-32(30)37-34(31)33/h1-22H. The Bertz CT molecular complexity index is 1870. The zero-order chi connectivity index (χ0) is 24.8. The summed E-state index contributed by atoms with van der Waals surface area (Å²) in [5, 5.41) is 5.21. The quantitative estimate of drug-likeness (QED) is 0.208. The third-order valence-electron chi connectivity index (χ3n) is 6.91. The van der Waals surface area contributed by atoms with Gasteiger partial charge in [-0.05, 0) is 70.4 Å². The molecule has 0 N–H and O–H groups in total. The van der Waals surface area contributed by atoms with E-state index in [0.29, 0.717) is 0 Å². The van der Waals surface area contributed by atoms with Crippen LogP contribution in [0.25, 0.3) is 42.1 Å². The van der Waals surface area contributed by atoms with E-state index in [0.717, 1.165) is 15.8 Å². The van der Waals surface area contributed by atoms with Crippen LogP contribution in [0.1, 0.15) is 0 Å². The molecule has 0 unspecified atom stereocenters. The number of anilines is 3. The molecule has 37 heavy (non-hydrogen) atoms. The molecule has 0 atom stereocenters. The smallest absolute Gasteiger partial charge is 0.0646 e. The second kappa shape index (κ2) is 9.19. The summed E-state index contributed by atoms with van der Waals surface area (Å²) in [4.78, 5) is 2.40. The van der Waals surface area contributed by atoms with E-state index < -0.39 is 0 Å². The van der Waals surface area contributed by atoms with Gasteiger partial charge in [0.2, 0.25) is 0 Å². The van der Waals surface area contributed by atoms with E-state index in [1.165, 1.54) is 47.8 Å². The molecule has 0 radical (unpaired) electrons. The van der Waals surface area contributed by atoms with Gasteiger partial charge in [0.25, 0.3) is 0 Å². The van der Waals surface area contributed by atoms with Crippen LogP contribution >= 0.6 is 27.3 Å². The minimum absolute atomic E-state index is 1.09. The Labute approximate surface area is 228 Å². The molecule has 3 heteroatoms. The summed E-state index contributed by atoms with van der Waals surface area (Å²) in [5.74, 6) is 0. The highest BCUT2D eigenvalue weighted by Gasteiger charge is 2.20. The van der Waals surface area contributed by atoms with Crippen LogP contribution in [-0.4, -0.2) is 0 Å². The molecular formula is C34H22BrNS. The molecule has 7 rings (SSSR count). The fourth-order valence-electron chi connectivity index (χ4n) is 5.17. The summed E-state index contributed by atoms with van der Waals surface area (Å²) in [6.45, 7) is 0. The van der Waals surface area contributed by atoms with Crippen LogP contribution in [0.3, 0.4) is 0 Å². The largest absolute Gasteiger partial charge is 0.309 e. The van der Waals surface area contributed by atoms with E-state index in [1.807, 2.05) is 11.3 Å². The number of thiophene rings is 1. The van der Waals surface area contributed by atoms with Crippen molar-refractivity contribution in [1.82, 2.24) is 0 Å². The Balaban J connectivity index is 1.48. The molecule has 0 fully saturated rings. The van der Waals surface area contributed by atoms with Gasteiger partial charge in [-0.25, -0.2) is 0 Å². The van der Waals surface area contributed by atoms with Crippen LogP contribution in [0.4, 0.5) is 17.1 Å². The average molecular weight is 557 g/mol. The number of halogens is 1. The van der Waals surface area contributed by atoms with Gasteiger partial charge in [0.05, 0.1) is 10.4 Å². The van der Waals surface area contributed by atoms with E-state index in [2.05, 4.69) is 154 Å². The third-order valence-corrected chi connectivity index (χ3v) is 8.63. The number of hydrogen-bond donors (Lipinski definition) is 0. The maximum atomic E-state index is 3.54. The Morgan fingerprint density at radius 2 is 1.14 bits per heavy atom. The molecule has 0 aliphatic rings. The molecule has 0 saturated heterocycles. The maximum Gasteiger partial charge on any atom is 0.0646 e. The number of para-hydroxylation sites is 1. The van der Waals surface area contributed by atoms with Crippen molar-refractivity contribution in [2.45, 2.75) is 0 Å². The Morgan fingerprint density at radius 1 is 0.541 bits per heavy atom. The topological polar surface area (TPSA) is 3.24 Å². The number of nitrogens with zero attached hydrogens (tertiary/aromatic N) is 1. The van der Waals surface area contributed by atoms with Gasteiger partial charge in [-0.1, -0.05) is 101 Å². The lowest BCUT2D eigenvalue weighted by atomic mass is 10.0. The van der Waals surface area contributed by atoms with Crippen molar-refractivity contribution in [2.75, 3.05) is 4.90 Å². The predicted molar refractivity (Wildman–Crippen MR) is 165 cm³/mol. The number of hydrogen-bond acceptors (Lipinski definition) is 2. The summed E-state index contributed by atoms with van der Waals surface area (Å²) in [5.41, 5.74) is 5.90. The lowest BCUT2D eigenvalue weighted by Gasteiger charge is -2.27. The fourth-order valence-corrected chi connectivity index (χ4v) is 6.66. The molecule has 1 heterocycles. The van der Waals surface area contributed by atoms with Crippen molar-refractivity contribution in [3.05, 3.63) is 138 Å². The molecule has 7 aromatic rings. The lowest BCUT2D eigenvalue weighted by Crippen LogP contribution is -2.10.